The number of esters is 1. The molecule has 0 heterocycles. The molecule has 0 radical (unpaired) electrons. The Morgan fingerprint density at radius 1 is 1.21 bits per heavy atom. The van der Waals surface area contributed by atoms with Crippen molar-refractivity contribution in [3.05, 3.63) is 33.8 Å². The number of carbonyl (C=O) groups excluding carboxylic acids is 2. The van der Waals surface area contributed by atoms with Gasteiger partial charge in [-0.3, -0.25) is 0 Å². The first-order valence-electron chi connectivity index (χ1n) is 7.99. The Labute approximate surface area is 152 Å². The molecular formula is C18H26BrNO4. The van der Waals surface area contributed by atoms with Gasteiger partial charge >= 0.3 is 12.1 Å². The van der Waals surface area contributed by atoms with Crippen LogP contribution in [0.25, 0.3) is 0 Å². The van der Waals surface area contributed by atoms with Crippen LogP contribution in [0.5, 0.6) is 0 Å². The van der Waals surface area contributed by atoms with E-state index in [2.05, 4.69) is 15.9 Å². The first kappa shape index (κ1) is 20.5. The molecule has 6 heteroatoms. The minimum Gasteiger partial charge on any atom is -0.462 e. The van der Waals surface area contributed by atoms with E-state index in [1.807, 2.05) is 40.7 Å². The maximum atomic E-state index is 12.4. The van der Waals surface area contributed by atoms with Crippen LogP contribution in [-0.2, 0) is 16.0 Å². The molecule has 0 atom stereocenters. The lowest BCUT2D eigenvalue weighted by atomic mass is 10.1. The number of hydrogen-bond acceptors (Lipinski definition) is 4. The van der Waals surface area contributed by atoms with E-state index in [0.29, 0.717) is 18.7 Å². The van der Waals surface area contributed by atoms with E-state index in [4.69, 9.17) is 9.47 Å². The molecule has 1 amide bonds. The highest BCUT2D eigenvalue weighted by atomic mass is 79.9. The minimum atomic E-state index is -0.558. The summed E-state index contributed by atoms with van der Waals surface area (Å²) in [5.41, 5.74) is 0.721. The second kappa shape index (κ2) is 8.51. The largest absolute Gasteiger partial charge is 0.462 e. The van der Waals surface area contributed by atoms with Gasteiger partial charge in [0.25, 0.3) is 0 Å². The van der Waals surface area contributed by atoms with E-state index in [1.54, 1.807) is 24.0 Å². The molecular weight excluding hydrogens is 374 g/mol. The number of nitrogens with zero attached hydrogens (tertiary/aromatic N) is 1. The molecule has 0 unspecified atom stereocenters. The number of benzene rings is 1. The molecule has 24 heavy (non-hydrogen) atoms. The Kier molecular flexibility index (Phi) is 7.27. The number of amides is 1. The lowest BCUT2D eigenvalue weighted by Crippen LogP contribution is -2.40. The first-order chi connectivity index (χ1) is 11.0. The molecule has 0 bridgehead atoms. The van der Waals surface area contributed by atoms with Crippen LogP contribution in [0.3, 0.4) is 0 Å². The fourth-order valence-electron chi connectivity index (χ4n) is 2.05. The second-order valence-electron chi connectivity index (χ2n) is 6.77. The summed E-state index contributed by atoms with van der Waals surface area (Å²) in [6.45, 7) is 11.8. The molecule has 0 aromatic heterocycles. The third kappa shape index (κ3) is 6.51. The number of rotatable bonds is 5. The van der Waals surface area contributed by atoms with Crippen LogP contribution in [0, 0.1) is 0 Å². The lowest BCUT2D eigenvalue weighted by Gasteiger charge is -2.30. The van der Waals surface area contributed by atoms with Gasteiger partial charge in [0.1, 0.15) is 5.60 Å². The molecule has 0 N–H and O–H groups in total. The zero-order chi connectivity index (χ0) is 18.5. The SMILES string of the molecule is CCOC(=O)c1cc(Br)cc(CN(C(=O)OC(C)(C)C)C(C)C)c1. The van der Waals surface area contributed by atoms with Crippen molar-refractivity contribution in [2.75, 3.05) is 6.61 Å². The normalized spacial score (nSPS) is 11.3. The van der Waals surface area contributed by atoms with Gasteiger partial charge in [0.05, 0.1) is 12.2 Å². The van der Waals surface area contributed by atoms with Crippen molar-refractivity contribution in [3.63, 3.8) is 0 Å². The summed E-state index contributed by atoms with van der Waals surface area (Å²) in [6.07, 6.45) is -0.379. The molecule has 0 saturated carbocycles. The van der Waals surface area contributed by atoms with Crippen molar-refractivity contribution < 1.29 is 19.1 Å². The van der Waals surface area contributed by atoms with Gasteiger partial charge in [-0.2, -0.15) is 0 Å². The van der Waals surface area contributed by atoms with Gasteiger partial charge in [-0.1, -0.05) is 15.9 Å². The monoisotopic (exact) mass is 399 g/mol. The smallest absolute Gasteiger partial charge is 0.410 e. The summed E-state index contributed by atoms with van der Waals surface area (Å²) in [5, 5.41) is 0. The number of carbonyl (C=O) groups is 2. The molecule has 0 aliphatic heterocycles. The fourth-order valence-corrected chi connectivity index (χ4v) is 2.59. The number of halogens is 1. The van der Waals surface area contributed by atoms with Gasteiger partial charge in [0.15, 0.2) is 0 Å². The van der Waals surface area contributed by atoms with Crippen molar-refractivity contribution in [2.45, 2.75) is 59.7 Å². The maximum absolute atomic E-state index is 12.4. The topological polar surface area (TPSA) is 55.8 Å². The van der Waals surface area contributed by atoms with E-state index in [1.165, 1.54) is 0 Å². The molecule has 1 rings (SSSR count). The lowest BCUT2D eigenvalue weighted by molar-refractivity contribution is 0.0172. The second-order valence-corrected chi connectivity index (χ2v) is 7.69. The summed E-state index contributed by atoms with van der Waals surface area (Å²) < 4.78 is 11.3. The van der Waals surface area contributed by atoms with Crippen molar-refractivity contribution in [2.24, 2.45) is 0 Å². The zero-order valence-electron chi connectivity index (χ0n) is 15.2. The Morgan fingerprint density at radius 3 is 2.33 bits per heavy atom. The van der Waals surface area contributed by atoms with Crippen LogP contribution in [0.4, 0.5) is 4.79 Å². The van der Waals surface area contributed by atoms with Crippen molar-refractivity contribution in [1.29, 1.82) is 0 Å². The van der Waals surface area contributed by atoms with Crippen molar-refractivity contribution in [1.82, 2.24) is 4.90 Å². The number of ether oxygens (including phenoxy) is 2. The van der Waals surface area contributed by atoms with E-state index in [-0.39, 0.29) is 18.1 Å². The van der Waals surface area contributed by atoms with Crippen LogP contribution in [0.1, 0.15) is 57.5 Å². The van der Waals surface area contributed by atoms with Crippen molar-refractivity contribution >= 4 is 28.0 Å². The van der Waals surface area contributed by atoms with Crippen LogP contribution in [-0.4, -0.2) is 35.2 Å². The van der Waals surface area contributed by atoms with Gasteiger partial charge < -0.3 is 14.4 Å². The molecule has 0 saturated heterocycles. The highest BCUT2D eigenvalue weighted by molar-refractivity contribution is 9.10. The molecule has 0 aliphatic carbocycles. The van der Waals surface area contributed by atoms with E-state index in [9.17, 15) is 9.59 Å². The Morgan fingerprint density at radius 2 is 1.83 bits per heavy atom. The van der Waals surface area contributed by atoms with E-state index in [0.717, 1.165) is 10.0 Å². The standard InChI is InChI=1S/C18H26BrNO4/c1-7-23-16(21)14-8-13(9-15(19)10-14)11-20(12(2)3)17(22)24-18(4,5)6/h8-10,12H,7,11H2,1-6H3. The summed E-state index contributed by atoms with van der Waals surface area (Å²) in [4.78, 5) is 26.0. The predicted octanol–water partition coefficient (Wildman–Crippen LogP) is 4.77. The molecule has 134 valence electrons. The van der Waals surface area contributed by atoms with Gasteiger partial charge in [-0.15, -0.1) is 0 Å². The van der Waals surface area contributed by atoms with Gasteiger partial charge in [0, 0.05) is 17.1 Å². The molecule has 5 nitrogen and oxygen atoms in total. The van der Waals surface area contributed by atoms with Crippen LogP contribution < -0.4 is 0 Å². The number of hydrogen-bond donors (Lipinski definition) is 0. The van der Waals surface area contributed by atoms with Gasteiger partial charge in [0.2, 0.25) is 0 Å². The summed E-state index contributed by atoms with van der Waals surface area (Å²) in [6, 6.07) is 5.28. The third-order valence-corrected chi connectivity index (χ3v) is 3.53. The Bertz CT molecular complexity index is 593. The third-order valence-electron chi connectivity index (χ3n) is 3.07. The molecule has 0 spiro atoms. The van der Waals surface area contributed by atoms with Crippen LogP contribution in [0.2, 0.25) is 0 Å². The Hall–Kier alpha value is -1.56. The van der Waals surface area contributed by atoms with E-state index < -0.39 is 5.60 Å². The average Bonchev–Trinajstić information content (AvgIpc) is 2.42. The van der Waals surface area contributed by atoms with Crippen LogP contribution >= 0.6 is 15.9 Å². The highest BCUT2D eigenvalue weighted by Gasteiger charge is 2.24. The summed E-state index contributed by atoms with van der Waals surface area (Å²) >= 11 is 3.40. The molecule has 1 aromatic rings. The first-order valence-corrected chi connectivity index (χ1v) is 8.79. The Balaban J connectivity index is 3.02. The minimum absolute atomic E-state index is 0.0372. The molecule has 1 aromatic carbocycles. The molecule has 0 fully saturated rings. The fraction of sp³-hybridized carbons (Fsp3) is 0.556. The predicted molar refractivity (Wildman–Crippen MR) is 97.0 cm³/mol. The van der Waals surface area contributed by atoms with Gasteiger partial charge in [-0.05, 0) is 65.3 Å². The van der Waals surface area contributed by atoms with Crippen LogP contribution in [0.15, 0.2) is 22.7 Å². The summed E-state index contributed by atoms with van der Waals surface area (Å²) in [5.74, 6) is -0.381. The highest BCUT2D eigenvalue weighted by Crippen LogP contribution is 2.20. The van der Waals surface area contributed by atoms with E-state index >= 15 is 0 Å². The van der Waals surface area contributed by atoms with Crippen molar-refractivity contribution in [3.8, 4) is 0 Å². The van der Waals surface area contributed by atoms with Gasteiger partial charge in [-0.25, -0.2) is 9.59 Å². The maximum Gasteiger partial charge on any atom is 0.410 e. The average molecular weight is 400 g/mol. The quantitative estimate of drug-likeness (QED) is 0.668. The zero-order valence-corrected chi connectivity index (χ0v) is 16.8. The summed E-state index contributed by atoms with van der Waals surface area (Å²) in [7, 11) is 0. The molecule has 0 aliphatic rings.